The Morgan fingerprint density at radius 1 is 1.09 bits per heavy atom. The standard InChI is InChI=1S/C17H19N3OS/c18-15-5-1-2-6-16(15)19-9-11-20(12-10-19)17(21)8-7-14-4-3-13-22-14/h1-8,13H,9-12,18H2/b8-7+. The molecule has 1 saturated heterocycles. The molecule has 22 heavy (non-hydrogen) atoms. The maximum atomic E-state index is 12.2. The van der Waals surface area contributed by atoms with Crippen molar-refractivity contribution in [3.8, 4) is 0 Å². The second-order valence-electron chi connectivity index (χ2n) is 5.22. The van der Waals surface area contributed by atoms with Gasteiger partial charge in [0.25, 0.3) is 0 Å². The SMILES string of the molecule is Nc1ccccc1N1CCN(C(=O)/C=C/c2cccs2)CC1. The highest BCUT2D eigenvalue weighted by atomic mass is 32.1. The molecular formula is C17H19N3OS. The lowest BCUT2D eigenvalue weighted by Crippen LogP contribution is -2.48. The van der Waals surface area contributed by atoms with Crippen LogP contribution >= 0.6 is 11.3 Å². The second kappa shape index (κ2) is 6.66. The quantitative estimate of drug-likeness (QED) is 0.700. The fraction of sp³-hybridized carbons (Fsp3) is 0.235. The van der Waals surface area contributed by atoms with E-state index in [1.165, 1.54) is 0 Å². The molecule has 1 aliphatic heterocycles. The number of hydrogen-bond acceptors (Lipinski definition) is 4. The molecular weight excluding hydrogens is 294 g/mol. The summed E-state index contributed by atoms with van der Waals surface area (Å²) in [5.74, 6) is 0.0779. The molecule has 1 amide bonds. The van der Waals surface area contributed by atoms with Crippen LogP contribution in [0, 0.1) is 0 Å². The van der Waals surface area contributed by atoms with Crippen LogP contribution in [-0.4, -0.2) is 37.0 Å². The molecule has 0 atom stereocenters. The highest BCUT2D eigenvalue weighted by Gasteiger charge is 2.20. The number of benzene rings is 1. The van der Waals surface area contributed by atoms with Gasteiger partial charge < -0.3 is 15.5 Å². The van der Waals surface area contributed by atoms with Gasteiger partial charge in [-0.1, -0.05) is 18.2 Å². The van der Waals surface area contributed by atoms with Gasteiger partial charge in [0.1, 0.15) is 0 Å². The van der Waals surface area contributed by atoms with Gasteiger partial charge in [0.15, 0.2) is 0 Å². The number of thiophene rings is 1. The molecule has 114 valence electrons. The van der Waals surface area contributed by atoms with Crippen LogP contribution < -0.4 is 10.6 Å². The molecule has 0 bridgehead atoms. The maximum Gasteiger partial charge on any atom is 0.246 e. The zero-order valence-electron chi connectivity index (χ0n) is 12.3. The first-order chi connectivity index (χ1) is 10.7. The maximum absolute atomic E-state index is 12.2. The summed E-state index contributed by atoms with van der Waals surface area (Å²) in [5.41, 5.74) is 7.87. The Morgan fingerprint density at radius 3 is 2.55 bits per heavy atom. The smallest absolute Gasteiger partial charge is 0.246 e. The normalized spacial score (nSPS) is 15.5. The van der Waals surface area contributed by atoms with E-state index < -0.39 is 0 Å². The van der Waals surface area contributed by atoms with Crippen molar-refractivity contribution in [3.05, 3.63) is 52.7 Å². The lowest BCUT2D eigenvalue weighted by Gasteiger charge is -2.36. The van der Waals surface area contributed by atoms with E-state index in [4.69, 9.17) is 5.73 Å². The Bertz CT molecular complexity index is 658. The van der Waals surface area contributed by atoms with E-state index in [1.807, 2.05) is 52.8 Å². The average Bonchev–Trinajstić information content (AvgIpc) is 3.07. The average molecular weight is 313 g/mol. The van der Waals surface area contributed by atoms with Crippen LogP contribution in [0.2, 0.25) is 0 Å². The first-order valence-electron chi connectivity index (χ1n) is 7.34. The summed E-state index contributed by atoms with van der Waals surface area (Å²) in [6.07, 6.45) is 3.55. The molecule has 4 nitrogen and oxygen atoms in total. The van der Waals surface area contributed by atoms with E-state index >= 15 is 0 Å². The van der Waals surface area contributed by atoms with Gasteiger partial charge >= 0.3 is 0 Å². The van der Waals surface area contributed by atoms with Crippen molar-refractivity contribution >= 4 is 34.7 Å². The van der Waals surface area contributed by atoms with Crippen molar-refractivity contribution in [2.75, 3.05) is 36.8 Å². The number of carbonyl (C=O) groups excluding carboxylic acids is 1. The van der Waals surface area contributed by atoms with Gasteiger partial charge in [-0.05, 0) is 29.7 Å². The van der Waals surface area contributed by atoms with E-state index in [2.05, 4.69) is 4.90 Å². The van der Waals surface area contributed by atoms with E-state index in [9.17, 15) is 4.79 Å². The first kappa shape index (κ1) is 14.7. The Kier molecular flexibility index (Phi) is 4.44. The minimum atomic E-state index is 0.0779. The van der Waals surface area contributed by atoms with Crippen LogP contribution in [0.25, 0.3) is 6.08 Å². The third-order valence-corrected chi connectivity index (χ3v) is 4.64. The van der Waals surface area contributed by atoms with Gasteiger partial charge in [-0.2, -0.15) is 0 Å². The Labute approximate surface area is 134 Å². The number of amides is 1. The molecule has 1 aliphatic rings. The molecule has 2 N–H and O–H groups in total. The molecule has 3 rings (SSSR count). The van der Waals surface area contributed by atoms with E-state index in [-0.39, 0.29) is 5.91 Å². The summed E-state index contributed by atoms with van der Waals surface area (Å²) in [4.78, 5) is 17.4. The van der Waals surface area contributed by atoms with Gasteiger partial charge in [-0.3, -0.25) is 4.79 Å². The van der Waals surface area contributed by atoms with Crippen LogP contribution in [0.1, 0.15) is 4.88 Å². The third kappa shape index (κ3) is 3.31. The van der Waals surface area contributed by atoms with Crippen LogP contribution in [0.4, 0.5) is 11.4 Å². The van der Waals surface area contributed by atoms with Crippen molar-refractivity contribution in [2.45, 2.75) is 0 Å². The molecule has 0 aliphatic carbocycles. The number of nitrogens with two attached hydrogens (primary N) is 1. The highest BCUT2D eigenvalue weighted by molar-refractivity contribution is 7.10. The number of nitrogens with zero attached hydrogens (tertiary/aromatic N) is 2. The lowest BCUT2D eigenvalue weighted by atomic mass is 10.2. The molecule has 2 aromatic rings. The lowest BCUT2D eigenvalue weighted by molar-refractivity contribution is -0.126. The zero-order chi connectivity index (χ0) is 15.4. The van der Waals surface area contributed by atoms with Crippen molar-refractivity contribution in [1.82, 2.24) is 4.90 Å². The number of piperazine rings is 1. The summed E-state index contributed by atoms with van der Waals surface area (Å²) in [6.45, 7) is 3.07. The molecule has 0 spiro atoms. The molecule has 0 radical (unpaired) electrons. The second-order valence-corrected chi connectivity index (χ2v) is 6.20. The highest BCUT2D eigenvalue weighted by Crippen LogP contribution is 2.23. The first-order valence-corrected chi connectivity index (χ1v) is 8.22. The Hall–Kier alpha value is -2.27. The van der Waals surface area contributed by atoms with Gasteiger partial charge in [0, 0.05) is 37.1 Å². The predicted molar refractivity (Wildman–Crippen MR) is 93.0 cm³/mol. The monoisotopic (exact) mass is 313 g/mol. The van der Waals surface area contributed by atoms with Crippen LogP contribution in [0.5, 0.6) is 0 Å². The number of para-hydroxylation sites is 2. The van der Waals surface area contributed by atoms with Gasteiger partial charge in [-0.15, -0.1) is 11.3 Å². The molecule has 1 aromatic carbocycles. The number of hydrogen-bond donors (Lipinski definition) is 1. The molecule has 0 saturated carbocycles. The van der Waals surface area contributed by atoms with Crippen molar-refractivity contribution < 1.29 is 4.79 Å². The van der Waals surface area contributed by atoms with Gasteiger partial charge in [-0.25, -0.2) is 0 Å². The number of rotatable bonds is 3. The number of anilines is 2. The summed E-state index contributed by atoms with van der Waals surface area (Å²) in [7, 11) is 0. The summed E-state index contributed by atoms with van der Waals surface area (Å²) in [6, 6.07) is 11.9. The third-order valence-electron chi connectivity index (χ3n) is 3.80. The van der Waals surface area contributed by atoms with Crippen molar-refractivity contribution in [1.29, 1.82) is 0 Å². The summed E-state index contributed by atoms with van der Waals surface area (Å²) in [5, 5.41) is 2.01. The molecule has 0 unspecified atom stereocenters. The molecule has 1 fully saturated rings. The zero-order valence-corrected chi connectivity index (χ0v) is 13.1. The Balaban J connectivity index is 1.57. The number of carbonyl (C=O) groups is 1. The molecule has 2 heterocycles. The Morgan fingerprint density at radius 2 is 1.86 bits per heavy atom. The summed E-state index contributed by atoms with van der Waals surface area (Å²) < 4.78 is 0. The minimum Gasteiger partial charge on any atom is -0.397 e. The summed E-state index contributed by atoms with van der Waals surface area (Å²) >= 11 is 1.63. The molecule has 1 aromatic heterocycles. The van der Waals surface area contributed by atoms with Gasteiger partial charge in [0.05, 0.1) is 11.4 Å². The van der Waals surface area contributed by atoms with E-state index in [1.54, 1.807) is 17.4 Å². The minimum absolute atomic E-state index is 0.0779. The van der Waals surface area contributed by atoms with Crippen LogP contribution in [-0.2, 0) is 4.79 Å². The van der Waals surface area contributed by atoms with Gasteiger partial charge in [0.2, 0.25) is 5.91 Å². The van der Waals surface area contributed by atoms with E-state index in [0.29, 0.717) is 0 Å². The largest absolute Gasteiger partial charge is 0.397 e. The van der Waals surface area contributed by atoms with Crippen molar-refractivity contribution in [3.63, 3.8) is 0 Å². The van der Waals surface area contributed by atoms with Crippen LogP contribution in [0.3, 0.4) is 0 Å². The van der Waals surface area contributed by atoms with Crippen molar-refractivity contribution in [2.24, 2.45) is 0 Å². The topological polar surface area (TPSA) is 49.6 Å². The molecule has 5 heteroatoms. The van der Waals surface area contributed by atoms with Crippen LogP contribution in [0.15, 0.2) is 47.9 Å². The fourth-order valence-electron chi connectivity index (χ4n) is 2.59. The predicted octanol–water partition coefficient (Wildman–Crippen LogP) is 2.69. The number of nitrogen functional groups attached to an aromatic ring is 1. The fourth-order valence-corrected chi connectivity index (χ4v) is 3.21. The van der Waals surface area contributed by atoms with E-state index in [0.717, 1.165) is 42.4 Å².